The van der Waals surface area contributed by atoms with Gasteiger partial charge in [-0.05, 0) is 38.9 Å². The summed E-state index contributed by atoms with van der Waals surface area (Å²) in [5, 5.41) is 3.14. The smallest absolute Gasteiger partial charge is 0.325 e. The number of hydrogen-bond acceptors (Lipinski definition) is 3. The van der Waals surface area contributed by atoms with E-state index in [2.05, 4.69) is 5.32 Å². The highest BCUT2D eigenvalue weighted by atomic mass is 31.2. The minimum atomic E-state index is -3.77. The average Bonchev–Trinajstić information content (AvgIpc) is 2.01. The highest BCUT2D eigenvalue weighted by Gasteiger charge is 2.10. The van der Waals surface area contributed by atoms with E-state index in [0.717, 1.165) is 25.9 Å². The molecule has 0 spiro atoms. The lowest BCUT2D eigenvalue weighted by atomic mass is 10.3. The fourth-order valence-electron chi connectivity index (χ4n) is 0.920. The Morgan fingerprint density at radius 1 is 1.15 bits per heavy atom. The Morgan fingerprint density at radius 2 is 1.77 bits per heavy atom. The first-order chi connectivity index (χ1) is 6.06. The van der Waals surface area contributed by atoms with Crippen LogP contribution in [0, 0.1) is 0 Å². The minimum Gasteiger partial charge on any atom is -0.330 e. The topological polar surface area (TPSA) is 95.6 Å². The predicted molar refractivity (Wildman–Crippen MR) is 52.7 cm³/mol. The molecule has 0 radical (unpaired) electrons. The lowest BCUT2D eigenvalue weighted by Gasteiger charge is -2.04. The van der Waals surface area contributed by atoms with Gasteiger partial charge in [0.25, 0.3) is 0 Å². The first kappa shape index (κ1) is 13.1. The molecule has 6 heteroatoms. The van der Waals surface area contributed by atoms with E-state index in [9.17, 15) is 4.57 Å². The van der Waals surface area contributed by atoms with Crippen molar-refractivity contribution in [1.82, 2.24) is 5.32 Å². The van der Waals surface area contributed by atoms with Crippen LogP contribution in [-0.2, 0) is 4.57 Å². The fourth-order valence-corrected chi connectivity index (χ4v) is 1.56. The molecule has 0 saturated heterocycles. The molecule has 0 saturated carbocycles. The Labute approximate surface area is 78.9 Å². The van der Waals surface area contributed by atoms with E-state index in [0.29, 0.717) is 13.0 Å². The van der Waals surface area contributed by atoms with Crippen molar-refractivity contribution < 1.29 is 14.4 Å². The minimum absolute atomic E-state index is 0.00836. The van der Waals surface area contributed by atoms with E-state index in [-0.39, 0.29) is 6.16 Å². The fraction of sp³-hybridized carbons (Fsp3) is 1.00. The van der Waals surface area contributed by atoms with Crippen LogP contribution < -0.4 is 11.1 Å². The van der Waals surface area contributed by atoms with Crippen LogP contribution in [0.4, 0.5) is 0 Å². The monoisotopic (exact) mass is 210 g/mol. The molecule has 5 N–H and O–H groups in total. The summed E-state index contributed by atoms with van der Waals surface area (Å²) in [5.41, 5.74) is 5.28. The molecule has 0 bridgehead atoms. The summed E-state index contributed by atoms with van der Waals surface area (Å²) in [6.45, 7) is 2.36. The second-order valence-corrected chi connectivity index (χ2v) is 4.76. The lowest BCUT2D eigenvalue weighted by Crippen LogP contribution is -2.19. The summed E-state index contributed by atoms with van der Waals surface area (Å²) in [4.78, 5) is 17.1. The van der Waals surface area contributed by atoms with Gasteiger partial charge in [-0.15, -0.1) is 0 Å². The van der Waals surface area contributed by atoms with E-state index < -0.39 is 7.60 Å². The highest BCUT2D eigenvalue weighted by molar-refractivity contribution is 7.51. The van der Waals surface area contributed by atoms with Crippen LogP contribution >= 0.6 is 7.60 Å². The van der Waals surface area contributed by atoms with Gasteiger partial charge in [-0.2, -0.15) is 0 Å². The Hall–Kier alpha value is 0.0700. The average molecular weight is 210 g/mol. The summed E-state index contributed by atoms with van der Waals surface area (Å²) in [6.07, 6.45) is 2.31. The van der Waals surface area contributed by atoms with Gasteiger partial charge in [-0.3, -0.25) is 4.57 Å². The van der Waals surface area contributed by atoms with Crippen molar-refractivity contribution in [2.45, 2.75) is 19.3 Å². The Morgan fingerprint density at radius 3 is 2.31 bits per heavy atom. The number of nitrogens with two attached hydrogens (primary N) is 1. The van der Waals surface area contributed by atoms with E-state index in [1.165, 1.54) is 0 Å². The molecule has 0 aliphatic heterocycles. The molecule has 0 aliphatic rings. The Balaban J connectivity index is 3.04. The second-order valence-electron chi connectivity index (χ2n) is 2.99. The van der Waals surface area contributed by atoms with Crippen LogP contribution in [0.3, 0.4) is 0 Å². The van der Waals surface area contributed by atoms with Gasteiger partial charge in [0.2, 0.25) is 0 Å². The quantitative estimate of drug-likeness (QED) is 0.331. The third kappa shape index (κ3) is 12.1. The summed E-state index contributed by atoms with van der Waals surface area (Å²) in [7, 11) is -3.77. The number of unbranched alkanes of at least 4 members (excludes halogenated alkanes) is 1. The molecule has 80 valence electrons. The van der Waals surface area contributed by atoms with Crippen LogP contribution in [0.1, 0.15) is 19.3 Å². The van der Waals surface area contributed by atoms with Crippen molar-refractivity contribution in [3.8, 4) is 0 Å². The van der Waals surface area contributed by atoms with E-state index in [4.69, 9.17) is 15.5 Å². The molecule has 0 heterocycles. The van der Waals surface area contributed by atoms with E-state index in [1.54, 1.807) is 0 Å². The molecule has 0 aromatic rings. The summed E-state index contributed by atoms with van der Waals surface area (Å²) in [5.74, 6) is 0. The van der Waals surface area contributed by atoms with Crippen LogP contribution in [0.2, 0.25) is 0 Å². The molecule has 5 nitrogen and oxygen atoms in total. The van der Waals surface area contributed by atoms with Gasteiger partial charge >= 0.3 is 7.60 Å². The van der Waals surface area contributed by atoms with E-state index >= 15 is 0 Å². The maximum Gasteiger partial charge on any atom is 0.325 e. The van der Waals surface area contributed by atoms with Crippen molar-refractivity contribution in [3.05, 3.63) is 0 Å². The first-order valence-electron chi connectivity index (χ1n) is 4.51. The predicted octanol–water partition coefficient (Wildman–Crippen LogP) is -0.117. The SMILES string of the molecule is NCCCNCCCCP(=O)(O)O. The molecule has 0 aromatic carbocycles. The Bertz CT molecular complexity index is 160. The third-order valence-corrected chi connectivity index (χ3v) is 2.51. The van der Waals surface area contributed by atoms with Gasteiger partial charge in [0.1, 0.15) is 0 Å². The normalized spacial score (nSPS) is 11.9. The molecule has 0 fully saturated rings. The van der Waals surface area contributed by atoms with Gasteiger partial charge in [0.15, 0.2) is 0 Å². The maximum atomic E-state index is 10.4. The van der Waals surface area contributed by atoms with Gasteiger partial charge in [-0.1, -0.05) is 0 Å². The molecule has 13 heavy (non-hydrogen) atoms. The van der Waals surface area contributed by atoms with Crippen molar-refractivity contribution in [2.24, 2.45) is 5.73 Å². The second kappa shape index (κ2) is 7.47. The Kier molecular flexibility index (Phi) is 7.51. The maximum absolute atomic E-state index is 10.4. The first-order valence-corrected chi connectivity index (χ1v) is 6.31. The van der Waals surface area contributed by atoms with Gasteiger partial charge < -0.3 is 20.8 Å². The highest BCUT2D eigenvalue weighted by Crippen LogP contribution is 2.35. The molecule has 0 aliphatic carbocycles. The number of nitrogens with one attached hydrogen (secondary N) is 1. The molecule has 0 amide bonds. The van der Waals surface area contributed by atoms with Crippen LogP contribution in [0.5, 0.6) is 0 Å². The zero-order valence-corrected chi connectivity index (χ0v) is 8.67. The third-order valence-electron chi connectivity index (χ3n) is 1.61. The largest absolute Gasteiger partial charge is 0.330 e. The molecular weight excluding hydrogens is 191 g/mol. The van der Waals surface area contributed by atoms with Crippen molar-refractivity contribution >= 4 is 7.60 Å². The van der Waals surface area contributed by atoms with Gasteiger partial charge in [0, 0.05) is 6.16 Å². The van der Waals surface area contributed by atoms with Crippen molar-refractivity contribution in [2.75, 3.05) is 25.8 Å². The number of rotatable bonds is 8. The zero-order valence-electron chi connectivity index (χ0n) is 7.78. The van der Waals surface area contributed by atoms with Crippen LogP contribution in [-0.4, -0.2) is 35.6 Å². The molecule has 0 aromatic heterocycles. The molecule has 0 rings (SSSR count). The lowest BCUT2D eigenvalue weighted by molar-refractivity contribution is 0.371. The number of hydrogen-bond donors (Lipinski definition) is 4. The zero-order chi connectivity index (χ0) is 10.2. The van der Waals surface area contributed by atoms with Crippen molar-refractivity contribution in [1.29, 1.82) is 0 Å². The van der Waals surface area contributed by atoms with Gasteiger partial charge in [0.05, 0.1) is 0 Å². The molecule has 0 unspecified atom stereocenters. The van der Waals surface area contributed by atoms with E-state index in [1.807, 2.05) is 0 Å². The standard InChI is InChI=1S/C7H19N2O3P/c8-4-3-6-9-5-1-2-7-13(10,11)12/h9H,1-8H2,(H2,10,11,12). The summed E-state index contributed by atoms with van der Waals surface area (Å²) >= 11 is 0. The summed E-state index contributed by atoms with van der Waals surface area (Å²) < 4.78 is 10.4. The van der Waals surface area contributed by atoms with Gasteiger partial charge in [-0.25, -0.2) is 0 Å². The van der Waals surface area contributed by atoms with Crippen LogP contribution in [0.15, 0.2) is 0 Å². The molecular formula is C7H19N2O3P. The summed E-state index contributed by atoms with van der Waals surface area (Å²) in [6, 6.07) is 0. The van der Waals surface area contributed by atoms with Crippen LogP contribution in [0.25, 0.3) is 0 Å². The molecule has 0 atom stereocenters. The van der Waals surface area contributed by atoms with Crippen molar-refractivity contribution in [3.63, 3.8) is 0 Å².